The van der Waals surface area contributed by atoms with Crippen molar-refractivity contribution in [3.8, 4) is 23.2 Å². The first-order chi connectivity index (χ1) is 24.3. The van der Waals surface area contributed by atoms with E-state index >= 15 is 17.6 Å². The maximum absolute atomic E-state index is 17.1. The van der Waals surface area contributed by atoms with Crippen molar-refractivity contribution in [2.24, 2.45) is 0 Å². The third-order valence-electron chi connectivity index (χ3n) is 10.3. The van der Waals surface area contributed by atoms with E-state index in [2.05, 4.69) is 9.97 Å². The molecule has 1 amide bonds. The number of fused-ring (bicyclic) bond motifs is 3. The van der Waals surface area contributed by atoms with E-state index in [9.17, 15) is 18.8 Å². The van der Waals surface area contributed by atoms with E-state index in [0.29, 0.717) is 37.3 Å². The van der Waals surface area contributed by atoms with Gasteiger partial charge in [-0.05, 0) is 50.4 Å². The van der Waals surface area contributed by atoms with Crippen LogP contribution in [0.1, 0.15) is 43.7 Å². The van der Waals surface area contributed by atoms with Crippen LogP contribution in [-0.2, 0) is 10.9 Å². The molecule has 3 saturated heterocycles. The van der Waals surface area contributed by atoms with Crippen LogP contribution in [0.4, 0.5) is 42.0 Å². The number of aromatic nitrogens is 2. The molecule has 7 rings (SSSR count). The van der Waals surface area contributed by atoms with Gasteiger partial charge in [-0.3, -0.25) is 4.90 Å². The van der Waals surface area contributed by atoms with Gasteiger partial charge < -0.3 is 25.0 Å². The van der Waals surface area contributed by atoms with E-state index in [0.717, 1.165) is 24.6 Å². The molecule has 270 valence electrons. The van der Waals surface area contributed by atoms with Crippen LogP contribution in [0.5, 0.6) is 6.01 Å². The second kappa shape index (κ2) is 12.9. The van der Waals surface area contributed by atoms with Gasteiger partial charge in [0.15, 0.2) is 5.82 Å². The number of halogens is 6. The van der Waals surface area contributed by atoms with Gasteiger partial charge in [-0.2, -0.15) is 28.4 Å². The van der Waals surface area contributed by atoms with Crippen LogP contribution in [0, 0.1) is 23.0 Å². The number of amides is 1. The lowest BCUT2D eigenvalue weighted by Crippen LogP contribution is -2.43. The van der Waals surface area contributed by atoms with Crippen molar-refractivity contribution in [2.45, 2.75) is 56.5 Å². The number of hydrogen-bond acceptors (Lipinski definition) is 10. The Hall–Kier alpha value is -4.56. The summed E-state index contributed by atoms with van der Waals surface area (Å²) in [6, 6.07) is 3.69. The SMILES string of the molecule is CCN(c1nc(OC[C@]23CCCN2C[C@H](F)C3)nc2c(F)c(-c3ccc(F)c4sc(N)c(C#N)c34)c(C(F)(F)F)cc12)[C@H]1CCN(C(=O)OC)C1. The Kier molecular flexibility index (Phi) is 8.81. The van der Waals surface area contributed by atoms with E-state index < -0.39 is 58.3 Å². The van der Waals surface area contributed by atoms with Crippen LogP contribution >= 0.6 is 11.3 Å². The Morgan fingerprint density at radius 1 is 1.24 bits per heavy atom. The number of nitrogens with zero attached hydrogens (tertiary/aromatic N) is 6. The zero-order chi connectivity index (χ0) is 36.4. The number of alkyl halides is 4. The first kappa shape index (κ1) is 34.9. The monoisotopic (exact) mass is 733 g/mol. The van der Waals surface area contributed by atoms with Gasteiger partial charge in [0.1, 0.15) is 41.0 Å². The van der Waals surface area contributed by atoms with Gasteiger partial charge in [-0.25, -0.2) is 18.0 Å². The highest BCUT2D eigenvalue weighted by Gasteiger charge is 2.49. The maximum Gasteiger partial charge on any atom is 0.417 e. The second-order valence-corrected chi connectivity index (χ2v) is 14.1. The molecule has 10 nitrogen and oxygen atoms in total. The molecule has 2 aromatic carbocycles. The van der Waals surface area contributed by atoms with Crippen molar-refractivity contribution >= 4 is 49.2 Å². The smallest absolute Gasteiger partial charge is 0.417 e. The average Bonchev–Trinajstić information content (AvgIpc) is 3.87. The molecule has 0 spiro atoms. The molecule has 51 heavy (non-hydrogen) atoms. The number of likely N-dealkylation sites (tertiary alicyclic amines) is 1. The lowest BCUT2D eigenvalue weighted by molar-refractivity contribution is -0.137. The number of thiophene rings is 1. The zero-order valence-corrected chi connectivity index (χ0v) is 28.4. The molecule has 0 bridgehead atoms. The molecule has 3 aliphatic rings. The molecule has 2 aromatic heterocycles. The third-order valence-corrected chi connectivity index (χ3v) is 11.3. The van der Waals surface area contributed by atoms with Crippen LogP contribution in [0.3, 0.4) is 0 Å². The Balaban J connectivity index is 1.45. The summed E-state index contributed by atoms with van der Waals surface area (Å²) in [5, 5.41) is 9.18. The lowest BCUT2D eigenvalue weighted by atomic mass is 9.92. The summed E-state index contributed by atoms with van der Waals surface area (Å²) in [4.78, 5) is 26.3. The number of anilines is 2. The Labute approximate surface area is 292 Å². The van der Waals surface area contributed by atoms with Crippen LogP contribution in [-0.4, -0.2) is 90.1 Å². The molecular formula is C34H33F6N7O3S. The molecular weight excluding hydrogens is 700 g/mol. The van der Waals surface area contributed by atoms with Gasteiger partial charge in [-0.1, -0.05) is 6.07 Å². The normalized spacial score (nSPS) is 22.1. The van der Waals surface area contributed by atoms with Crippen LogP contribution < -0.4 is 15.4 Å². The Morgan fingerprint density at radius 3 is 2.73 bits per heavy atom. The molecule has 2 N–H and O–H groups in total. The number of rotatable bonds is 7. The predicted molar refractivity (Wildman–Crippen MR) is 178 cm³/mol. The standard InChI is InChI=1S/C34H33F6N7O3S/c1-3-47(18-7-10-45(15-18)32(48)49-2)30-20-11-22(34(38,39)40)25(19-5-6-23(36)28-24(19)21(13-41)29(42)51-28)26(37)27(20)43-31(44-30)50-16-33-8-4-9-46(33)14-17(35)12-33/h5-6,11,17-18H,3-4,7-10,12,14-16,42H2,1-2H3/t17-,18+,33-/m1/s1. The number of benzene rings is 2. The molecule has 0 aliphatic carbocycles. The highest BCUT2D eigenvalue weighted by molar-refractivity contribution is 7.23. The largest absolute Gasteiger partial charge is 0.461 e. The Bertz CT molecular complexity index is 2090. The van der Waals surface area contributed by atoms with Crippen molar-refractivity contribution in [3.05, 3.63) is 41.0 Å². The topological polar surface area (TPSA) is 121 Å². The summed E-state index contributed by atoms with van der Waals surface area (Å²) in [6.07, 6.45) is -4.65. The zero-order valence-electron chi connectivity index (χ0n) is 27.6. The van der Waals surface area contributed by atoms with Crippen LogP contribution in [0.15, 0.2) is 18.2 Å². The van der Waals surface area contributed by atoms with Crippen molar-refractivity contribution in [2.75, 3.05) is 57.1 Å². The first-order valence-corrected chi connectivity index (χ1v) is 17.3. The number of hydrogen-bond donors (Lipinski definition) is 1. The fraction of sp³-hybridized carbons (Fsp3) is 0.471. The highest BCUT2D eigenvalue weighted by Crippen LogP contribution is 2.48. The van der Waals surface area contributed by atoms with Crippen LogP contribution in [0.2, 0.25) is 0 Å². The van der Waals surface area contributed by atoms with Crippen LogP contribution in [0.25, 0.3) is 32.1 Å². The van der Waals surface area contributed by atoms with Crippen molar-refractivity contribution in [3.63, 3.8) is 0 Å². The minimum Gasteiger partial charge on any atom is -0.461 e. The van der Waals surface area contributed by atoms with Gasteiger partial charge in [0.05, 0.1) is 28.5 Å². The predicted octanol–water partition coefficient (Wildman–Crippen LogP) is 6.88. The number of nitriles is 1. The molecule has 0 unspecified atom stereocenters. The molecule has 17 heteroatoms. The van der Waals surface area contributed by atoms with Gasteiger partial charge in [0, 0.05) is 55.0 Å². The van der Waals surface area contributed by atoms with E-state index in [1.54, 1.807) is 11.8 Å². The number of nitrogens with two attached hydrogens (primary N) is 1. The fourth-order valence-corrected chi connectivity index (χ4v) is 8.94. The van der Waals surface area contributed by atoms with E-state index in [1.165, 1.54) is 12.0 Å². The first-order valence-electron chi connectivity index (χ1n) is 16.4. The van der Waals surface area contributed by atoms with E-state index in [1.807, 2.05) is 11.0 Å². The molecule has 3 atom stereocenters. The number of nitrogen functional groups attached to an aromatic ring is 1. The highest BCUT2D eigenvalue weighted by atomic mass is 32.1. The maximum atomic E-state index is 17.1. The molecule has 0 radical (unpaired) electrons. The van der Waals surface area contributed by atoms with Gasteiger partial charge >= 0.3 is 18.3 Å². The quantitative estimate of drug-likeness (QED) is 0.203. The van der Waals surface area contributed by atoms with Crippen molar-refractivity contribution < 1.29 is 40.6 Å². The minimum absolute atomic E-state index is 0.0303. The summed E-state index contributed by atoms with van der Waals surface area (Å²) in [5.41, 5.74) is 1.82. The molecule has 3 aliphatic heterocycles. The summed E-state index contributed by atoms with van der Waals surface area (Å²) in [6.45, 7) is 3.32. The molecule has 0 saturated carbocycles. The summed E-state index contributed by atoms with van der Waals surface area (Å²) >= 11 is 0.674. The summed E-state index contributed by atoms with van der Waals surface area (Å²) in [5.74, 6) is -2.28. The molecule has 4 aromatic rings. The number of methoxy groups -OCH3 is 1. The number of likely N-dealkylation sites (N-methyl/N-ethyl adjacent to an activating group) is 1. The summed E-state index contributed by atoms with van der Waals surface area (Å²) in [7, 11) is 1.24. The van der Waals surface area contributed by atoms with Gasteiger partial charge in [-0.15, -0.1) is 11.3 Å². The molecule has 5 heterocycles. The average molecular weight is 734 g/mol. The van der Waals surface area contributed by atoms with E-state index in [-0.39, 0.29) is 76.1 Å². The van der Waals surface area contributed by atoms with Gasteiger partial charge in [0.2, 0.25) is 0 Å². The fourth-order valence-electron chi connectivity index (χ4n) is 7.99. The second-order valence-electron chi connectivity index (χ2n) is 13.1. The van der Waals surface area contributed by atoms with Crippen molar-refractivity contribution in [1.82, 2.24) is 19.8 Å². The van der Waals surface area contributed by atoms with E-state index in [4.69, 9.17) is 15.2 Å². The third kappa shape index (κ3) is 5.81. The molecule has 3 fully saturated rings. The number of carbonyl (C=O) groups is 1. The minimum atomic E-state index is -5.13. The van der Waals surface area contributed by atoms with Gasteiger partial charge in [0.25, 0.3) is 0 Å². The number of ether oxygens (including phenoxy) is 2. The summed E-state index contributed by atoms with van der Waals surface area (Å²) < 4.78 is 103. The van der Waals surface area contributed by atoms with Crippen molar-refractivity contribution in [1.29, 1.82) is 5.26 Å². The lowest BCUT2D eigenvalue weighted by Gasteiger charge is -2.32. The Morgan fingerprint density at radius 2 is 2.02 bits per heavy atom. The number of carbonyl (C=O) groups excluding carboxylic acids is 1.